The fourth-order valence-corrected chi connectivity index (χ4v) is 6.28. The van der Waals surface area contributed by atoms with Crippen molar-refractivity contribution in [2.45, 2.75) is 59.8 Å². The summed E-state index contributed by atoms with van der Waals surface area (Å²) in [4.78, 5) is 0. The summed E-state index contributed by atoms with van der Waals surface area (Å²) in [6.07, 6.45) is 0. The zero-order valence-electron chi connectivity index (χ0n) is 29.6. The first-order valence-electron chi connectivity index (χ1n) is 15.8. The predicted octanol–water partition coefficient (Wildman–Crippen LogP) is 13.2. The van der Waals surface area contributed by atoms with Crippen LogP contribution in [0.1, 0.15) is 62.8 Å². The third-order valence-electron chi connectivity index (χ3n) is 8.83. The van der Waals surface area contributed by atoms with Gasteiger partial charge >= 0.3 is 30.2 Å². The first-order chi connectivity index (χ1) is 21.6. The first-order valence-corrected chi connectivity index (χ1v) is 20.0. The van der Waals surface area contributed by atoms with Gasteiger partial charge in [0.25, 0.3) is 0 Å². The second-order valence-corrected chi connectivity index (χ2v) is 13.4. The van der Waals surface area contributed by atoms with Gasteiger partial charge in [0.15, 0.2) is 0 Å². The van der Waals surface area contributed by atoms with Crippen LogP contribution in [-0.4, -0.2) is 6.88 Å². The van der Waals surface area contributed by atoms with Crippen molar-refractivity contribution in [1.82, 2.24) is 0 Å². The van der Waals surface area contributed by atoms with Gasteiger partial charge in [-0.15, -0.1) is 68.6 Å². The summed E-state index contributed by atoms with van der Waals surface area (Å²) in [7, 11) is 0. The molecule has 0 unspecified atom stereocenters. The Morgan fingerprint density at radius 2 is 1.23 bits per heavy atom. The summed E-state index contributed by atoms with van der Waals surface area (Å²) in [5.41, 5.74) is 11.0. The molecule has 0 N–H and O–H groups in total. The third kappa shape index (κ3) is 8.22. The van der Waals surface area contributed by atoms with E-state index in [0.717, 1.165) is 0 Å². The molecule has 0 heterocycles. The van der Waals surface area contributed by atoms with E-state index in [-0.39, 0.29) is 20.3 Å². The summed E-state index contributed by atoms with van der Waals surface area (Å²) in [5, 5.41) is 8.08. The molecule has 0 aliphatic carbocycles. The van der Waals surface area contributed by atoms with Crippen LogP contribution in [-0.2, 0) is 28.8 Å². The molecule has 0 nitrogen and oxygen atoms in total. The molecule has 7 aromatic carbocycles. The van der Waals surface area contributed by atoms with Gasteiger partial charge in [-0.2, -0.15) is 12.1 Å². The average Bonchev–Trinajstić information content (AvgIpc) is 3.66. The van der Waals surface area contributed by atoms with Gasteiger partial charge in [-0.05, 0) is 38.8 Å². The number of rotatable bonds is 3. The quantitative estimate of drug-likeness (QED) is 0.127. The molecule has 0 aliphatic rings. The predicted molar refractivity (Wildman–Crippen MR) is 208 cm³/mol. The minimum atomic E-state index is 0. The van der Waals surface area contributed by atoms with Crippen molar-refractivity contribution in [1.29, 1.82) is 0 Å². The van der Waals surface area contributed by atoms with Crippen LogP contribution in [0.5, 0.6) is 0 Å². The van der Waals surface area contributed by atoms with E-state index >= 15 is 0 Å². The van der Waals surface area contributed by atoms with Crippen LogP contribution in [0.15, 0.2) is 121 Å². The standard InChI is InChI=1S/C22H19.C21H23.2CH3.Si.Zr/c1-15(2)18-13-17-9-6-12-21(22(17)14-18)20-11-5-8-16-7-3-4-10-19(16)20;1-14-12-19-15(2)6-11-18(20(19)13-14)16-7-9-17(10-8-16)21(3,4)5;;;;/h3-15H,1-2H3;6-13H,1-5H3;2*1H3;;/q4*-1;;. The van der Waals surface area contributed by atoms with Crippen LogP contribution >= 0.6 is 0 Å². The Morgan fingerprint density at radius 3 is 1.89 bits per heavy atom. The molecule has 47 heavy (non-hydrogen) atoms. The molecule has 2 radical (unpaired) electrons. The minimum absolute atomic E-state index is 0. The normalized spacial score (nSPS) is 10.9. The Labute approximate surface area is 301 Å². The Bertz CT molecular complexity index is 2060. The summed E-state index contributed by atoms with van der Waals surface area (Å²) in [6, 6.07) is 44.6. The summed E-state index contributed by atoms with van der Waals surface area (Å²) in [5.74, 6) is 0.563. The third-order valence-corrected chi connectivity index (χ3v) is 8.83. The average molecular weight is 708 g/mol. The Balaban J connectivity index is 0.000000234. The molecule has 0 saturated carbocycles. The molecule has 0 amide bonds. The van der Waals surface area contributed by atoms with Crippen molar-refractivity contribution in [3.63, 3.8) is 0 Å². The Kier molecular flexibility index (Phi) is 13.1. The molecule has 7 aromatic rings. The molecule has 0 fully saturated rings. The molecule has 0 saturated heterocycles. The zero-order chi connectivity index (χ0) is 32.3. The molecule has 0 spiro atoms. The van der Waals surface area contributed by atoms with Gasteiger partial charge in [0.2, 0.25) is 0 Å². The van der Waals surface area contributed by atoms with Crippen molar-refractivity contribution >= 4 is 39.2 Å². The fraction of sp³-hybridized carbons (Fsp3) is 0.200. The van der Waals surface area contributed by atoms with E-state index in [1.165, 1.54) is 100 Å². The van der Waals surface area contributed by atoms with Gasteiger partial charge < -0.3 is 14.9 Å². The van der Waals surface area contributed by atoms with Gasteiger partial charge in [-0.25, -0.2) is 0 Å². The van der Waals surface area contributed by atoms with Crippen LogP contribution in [0.4, 0.5) is 0 Å². The monoisotopic (exact) mass is 706 g/mol. The molecule has 7 rings (SSSR count). The second kappa shape index (κ2) is 16.2. The van der Waals surface area contributed by atoms with Crippen LogP contribution in [0.25, 0.3) is 54.6 Å². The van der Waals surface area contributed by atoms with Crippen LogP contribution in [0, 0.1) is 28.7 Å². The van der Waals surface area contributed by atoms with Crippen molar-refractivity contribution in [2.24, 2.45) is 0 Å². The van der Waals surface area contributed by atoms with Crippen molar-refractivity contribution in [3.8, 4) is 22.3 Å². The maximum atomic E-state index is 3.06. The topological polar surface area (TPSA) is 0 Å². The van der Waals surface area contributed by atoms with Crippen LogP contribution in [0.3, 0.4) is 0 Å². The molecule has 0 aromatic heterocycles. The fourth-order valence-electron chi connectivity index (χ4n) is 6.28. The van der Waals surface area contributed by atoms with Gasteiger partial charge in [0.05, 0.1) is 0 Å². The molecule has 2 heteroatoms. The number of hydrogen-bond acceptors (Lipinski definition) is 0. The number of fused-ring (bicyclic) bond motifs is 3. The van der Waals surface area contributed by atoms with E-state index < -0.39 is 0 Å². The molecule has 0 aliphatic heterocycles. The summed E-state index contributed by atoms with van der Waals surface area (Å²) < 4.78 is 0. The first kappa shape index (κ1) is 38.1. The Hall–Kier alpha value is -3.32. The van der Waals surface area contributed by atoms with Gasteiger partial charge in [0.1, 0.15) is 0 Å². The number of aryl methyl sites for hydroxylation is 2. The summed E-state index contributed by atoms with van der Waals surface area (Å²) in [6.45, 7) is 18.7. The molecular weight excluding hydrogens is 660 g/mol. The van der Waals surface area contributed by atoms with Crippen LogP contribution < -0.4 is 0 Å². The van der Waals surface area contributed by atoms with E-state index in [0.29, 0.717) is 5.92 Å². The molecule has 240 valence electrons. The van der Waals surface area contributed by atoms with Gasteiger partial charge in [-0.1, -0.05) is 138 Å². The molecular formula is C45H48SiZr-4. The molecule has 0 bridgehead atoms. The Morgan fingerprint density at radius 1 is 0.617 bits per heavy atom. The van der Waals surface area contributed by atoms with Crippen molar-refractivity contribution in [2.75, 3.05) is 0 Å². The van der Waals surface area contributed by atoms with Crippen molar-refractivity contribution < 1.29 is 23.3 Å². The summed E-state index contributed by atoms with van der Waals surface area (Å²) >= 11 is 1.36. The van der Waals surface area contributed by atoms with E-state index in [1.54, 1.807) is 0 Å². The molecule has 0 atom stereocenters. The van der Waals surface area contributed by atoms with E-state index in [9.17, 15) is 0 Å². The van der Waals surface area contributed by atoms with E-state index in [4.69, 9.17) is 0 Å². The second-order valence-electron chi connectivity index (χ2n) is 13.4. The van der Waals surface area contributed by atoms with E-state index in [1.807, 2.05) is 0 Å². The van der Waals surface area contributed by atoms with Gasteiger partial charge in [0, 0.05) is 0 Å². The maximum absolute atomic E-state index is 3.06. The van der Waals surface area contributed by atoms with Crippen molar-refractivity contribution in [3.05, 3.63) is 158 Å². The number of benzene rings is 5. The SMILES string of the molecule is CC(C)c1cc2c(-c3cccc4ccccc34)cccc2[cH-]1.Cc1cc2c(-c3ccc(C(C)(C)C)cc3)ccc(C)c2[cH-]1.[CH3-].[CH3-].[Si]=[Zr]. The van der Waals surface area contributed by atoms with Crippen LogP contribution in [0.2, 0.25) is 0 Å². The van der Waals surface area contributed by atoms with Gasteiger partial charge in [-0.3, -0.25) is 0 Å². The number of hydrogen-bond donors (Lipinski definition) is 0. The van der Waals surface area contributed by atoms with E-state index in [2.05, 4.69) is 177 Å². The zero-order valence-corrected chi connectivity index (χ0v) is 33.1.